The zero-order chi connectivity index (χ0) is 13.0. The number of aryl methyl sites for hydroxylation is 1. The highest BCUT2D eigenvalue weighted by Gasteiger charge is 2.18. The van der Waals surface area contributed by atoms with E-state index in [0.717, 1.165) is 6.54 Å². The van der Waals surface area contributed by atoms with E-state index in [4.69, 9.17) is 0 Å². The van der Waals surface area contributed by atoms with Crippen molar-refractivity contribution >= 4 is 0 Å². The second kappa shape index (κ2) is 6.32. The molecule has 0 saturated carbocycles. The van der Waals surface area contributed by atoms with Gasteiger partial charge in [0.1, 0.15) is 0 Å². The van der Waals surface area contributed by atoms with Gasteiger partial charge in [0, 0.05) is 38.8 Å². The highest BCUT2D eigenvalue weighted by molar-refractivity contribution is 5.24. The Balaban J connectivity index is 1.94. The van der Waals surface area contributed by atoms with Crippen molar-refractivity contribution in [1.82, 2.24) is 15.1 Å². The fourth-order valence-electron chi connectivity index (χ4n) is 2.45. The Morgan fingerprint density at radius 1 is 1.11 bits per heavy atom. The first-order valence-electron chi connectivity index (χ1n) is 6.84. The van der Waals surface area contributed by atoms with E-state index in [0.29, 0.717) is 6.04 Å². The molecule has 100 valence electrons. The van der Waals surface area contributed by atoms with Crippen molar-refractivity contribution in [3.05, 3.63) is 35.4 Å². The van der Waals surface area contributed by atoms with Crippen LogP contribution in [0.4, 0.5) is 0 Å². The van der Waals surface area contributed by atoms with Crippen LogP contribution in [0.5, 0.6) is 0 Å². The molecule has 0 radical (unpaired) electrons. The average Bonchev–Trinajstić information content (AvgIpc) is 2.39. The maximum Gasteiger partial charge on any atom is 0.0446 e. The number of likely N-dealkylation sites (N-methyl/N-ethyl adjacent to an activating group) is 2. The average molecular weight is 247 g/mol. The van der Waals surface area contributed by atoms with Gasteiger partial charge in [-0.1, -0.05) is 29.8 Å². The minimum absolute atomic E-state index is 0.439. The van der Waals surface area contributed by atoms with E-state index in [2.05, 4.69) is 60.4 Å². The van der Waals surface area contributed by atoms with Gasteiger partial charge in [0.2, 0.25) is 0 Å². The smallest absolute Gasteiger partial charge is 0.0446 e. The quantitative estimate of drug-likeness (QED) is 0.870. The minimum atomic E-state index is 0.439. The van der Waals surface area contributed by atoms with E-state index in [1.807, 2.05) is 0 Å². The monoisotopic (exact) mass is 247 g/mol. The van der Waals surface area contributed by atoms with Crippen molar-refractivity contribution in [1.29, 1.82) is 0 Å². The van der Waals surface area contributed by atoms with Gasteiger partial charge in [0.15, 0.2) is 0 Å². The third-order valence-electron chi connectivity index (χ3n) is 3.86. The summed E-state index contributed by atoms with van der Waals surface area (Å²) in [4.78, 5) is 4.96. The van der Waals surface area contributed by atoms with Crippen LogP contribution in [-0.2, 0) is 0 Å². The molecule has 0 amide bonds. The number of hydrogen-bond donors (Lipinski definition) is 1. The van der Waals surface area contributed by atoms with Gasteiger partial charge in [-0.25, -0.2) is 0 Å². The number of benzene rings is 1. The summed E-state index contributed by atoms with van der Waals surface area (Å²) >= 11 is 0. The van der Waals surface area contributed by atoms with E-state index in [1.54, 1.807) is 0 Å². The molecule has 3 heteroatoms. The van der Waals surface area contributed by atoms with Crippen LogP contribution in [0.1, 0.15) is 17.2 Å². The van der Waals surface area contributed by atoms with Gasteiger partial charge in [0.05, 0.1) is 0 Å². The molecule has 1 aliphatic heterocycles. The molecule has 0 bridgehead atoms. The summed E-state index contributed by atoms with van der Waals surface area (Å²) in [6.07, 6.45) is 0. The minimum Gasteiger partial charge on any atom is -0.312 e. The molecular weight excluding hydrogens is 222 g/mol. The van der Waals surface area contributed by atoms with Crippen LogP contribution in [0.3, 0.4) is 0 Å². The fourth-order valence-corrected chi connectivity index (χ4v) is 2.45. The Morgan fingerprint density at radius 2 is 1.72 bits per heavy atom. The normalized spacial score (nSPS) is 19.9. The van der Waals surface area contributed by atoms with Crippen molar-refractivity contribution in [3.63, 3.8) is 0 Å². The van der Waals surface area contributed by atoms with Crippen molar-refractivity contribution in [3.8, 4) is 0 Å². The highest BCUT2D eigenvalue weighted by atomic mass is 15.3. The third-order valence-corrected chi connectivity index (χ3v) is 3.86. The standard InChI is InChI=1S/C15H25N3/c1-13-4-6-14(7-5-13)15(16-2)12-18-10-8-17(3)9-11-18/h4-7,15-16H,8-12H2,1-3H3. The lowest BCUT2D eigenvalue weighted by Crippen LogP contribution is -2.47. The Morgan fingerprint density at radius 3 is 2.28 bits per heavy atom. The molecule has 0 aromatic heterocycles. The molecular formula is C15H25N3. The molecule has 1 unspecified atom stereocenters. The van der Waals surface area contributed by atoms with Gasteiger partial charge in [-0.3, -0.25) is 4.90 Å². The van der Waals surface area contributed by atoms with E-state index in [1.165, 1.54) is 37.3 Å². The number of hydrogen-bond acceptors (Lipinski definition) is 3. The Kier molecular flexibility index (Phi) is 4.75. The maximum atomic E-state index is 3.44. The van der Waals surface area contributed by atoms with Crippen LogP contribution >= 0.6 is 0 Å². The summed E-state index contributed by atoms with van der Waals surface area (Å²) in [6.45, 7) is 7.97. The zero-order valence-electron chi connectivity index (χ0n) is 11.8. The van der Waals surface area contributed by atoms with Crippen LogP contribution in [0.25, 0.3) is 0 Å². The van der Waals surface area contributed by atoms with E-state index in [9.17, 15) is 0 Å². The maximum absolute atomic E-state index is 3.44. The van der Waals surface area contributed by atoms with E-state index in [-0.39, 0.29) is 0 Å². The lowest BCUT2D eigenvalue weighted by Gasteiger charge is -2.34. The van der Waals surface area contributed by atoms with Crippen LogP contribution in [0, 0.1) is 6.92 Å². The first kappa shape index (κ1) is 13.5. The largest absolute Gasteiger partial charge is 0.312 e. The summed E-state index contributed by atoms with van der Waals surface area (Å²) in [5, 5.41) is 3.44. The van der Waals surface area contributed by atoms with E-state index < -0.39 is 0 Å². The molecule has 1 aromatic rings. The topological polar surface area (TPSA) is 18.5 Å². The predicted molar refractivity (Wildman–Crippen MR) is 76.9 cm³/mol. The lowest BCUT2D eigenvalue weighted by atomic mass is 10.0. The molecule has 1 N–H and O–H groups in total. The van der Waals surface area contributed by atoms with Gasteiger partial charge in [-0.15, -0.1) is 0 Å². The third kappa shape index (κ3) is 3.55. The number of nitrogens with one attached hydrogen (secondary N) is 1. The SMILES string of the molecule is CNC(CN1CCN(C)CC1)c1ccc(C)cc1. The molecule has 1 aliphatic rings. The summed E-state index contributed by atoms with van der Waals surface area (Å²) in [5.41, 5.74) is 2.72. The molecule has 1 saturated heterocycles. The molecule has 1 fully saturated rings. The highest BCUT2D eigenvalue weighted by Crippen LogP contribution is 2.15. The van der Waals surface area contributed by atoms with Gasteiger partial charge >= 0.3 is 0 Å². The van der Waals surface area contributed by atoms with Crippen LogP contribution in [-0.4, -0.2) is 56.6 Å². The lowest BCUT2D eigenvalue weighted by molar-refractivity contribution is 0.143. The number of piperazine rings is 1. The molecule has 1 atom stereocenters. The van der Waals surface area contributed by atoms with Crippen LogP contribution in [0.2, 0.25) is 0 Å². The summed E-state index contributed by atoms with van der Waals surface area (Å²) in [5.74, 6) is 0. The molecule has 0 spiro atoms. The zero-order valence-corrected chi connectivity index (χ0v) is 11.8. The first-order valence-corrected chi connectivity index (χ1v) is 6.84. The second-order valence-electron chi connectivity index (χ2n) is 5.36. The molecule has 1 aromatic carbocycles. The number of rotatable bonds is 4. The predicted octanol–water partition coefficient (Wildman–Crippen LogP) is 1.50. The number of nitrogens with zero attached hydrogens (tertiary/aromatic N) is 2. The molecule has 2 rings (SSSR count). The van der Waals surface area contributed by atoms with Crippen molar-refractivity contribution in [2.45, 2.75) is 13.0 Å². The summed E-state index contributed by atoms with van der Waals surface area (Å²) in [6, 6.07) is 9.32. The first-order chi connectivity index (χ1) is 8.69. The molecule has 18 heavy (non-hydrogen) atoms. The summed E-state index contributed by atoms with van der Waals surface area (Å²) in [7, 11) is 4.26. The Labute approximate surface area is 111 Å². The Bertz CT molecular complexity index is 353. The van der Waals surface area contributed by atoms with Crippen molar-refractivity contribution < 1.29 is 0 Å². The van der Waals surface area contributed by atoms with Crippen LogP contribution in [0.15, 0.2) is 24.3 Å². The Hall–Kier alpha value is -0.900. The van der Waals surface area contributed by atoms with Crippen molar-refractivity contribution in [2.24, 2.45) is 0 Å². The second-order valence-corrected chi connectivity index (χ2v) is 5.36. The van der Waals surface area contributed by atoms with Gasteiger partial charge in [-0.2, -0.15) is 0 Å². The van der Waals surface area contributed by atoms with Crippen LogP contribution < -0.4 is 5.32 Å². The molecule has 1 heterocycles. The van der Waals surface area contributed by atoms with Gasteiger partial charge < -0.3 is 10.2 Å². The van der Waals surface area contributed by atoms with Gasteiger partial charge in [-0.05, 0) is 26.6 Å². The molecule has 3 nitrogen and oxygen atoms in total. The fraction of sp³-hybridized carbons (Fsp3) is 0.600. The molecule has 0 aliphatic carbocycles. The van der Waals surface area contributed by atoms with Crippen molar-refractivity contribution in [2.75, 3.05) is 46.8 Å². The van der Waals surface area contributed by atoms with E-state index >= 15 is 0 Å². The van der Waals surface area contributed by atoms with Gasteiger partial charge in [0.25, 0.3) is 0 Å². The summed E-state index contributed by atoms with van der Waals surface area (Å²) < 4.78 is 0.